The highest BCUT2D eigenvalue weighted by atomic mass is 16.5. The first-order valence-corrected chi connectivity index (χ1v) is 5.75. The Hall–Kier alpha value is -2.62. The molecule has 0 atom stereocenters. The van der Waals surface area contributed by atoms with Crippen molar-refractivity contribution in [3.05, 3.63) is 29.6 Å². The predicted molar refractivity (Wildman–Crippen MR) is 65.5 cm³/mol. The highest BCUT2D eigenvalue weighted by Crippen LogP contribution is 2.28. The van der Waals surface area contributed by atoms with Gasteiger partial charge >= 0.3 is 0 Å². The summed E-state index contributed by atoms with van der Waals surface area (Å²) in [7, 11) is 1.68. The minimum absolute atomic E-state index is 0.194. The van der Waals surface area contributed by atoms with Gasteiger partial charge in [0.25, 0.3) is 0 Å². The fourth-order valence-electron chi connectivity index (χ4n) is 1.49. The quantitative estimate of drug-likeness (QED) is 0.798. The van der Waals surface area contributed by atoms with E-state index in [0.29, 0.717) is 29.5 Å². The molecule has 0 bridgehead atoms. The van der Waals surface area contributed by atoms with Crippen molar-refractivity contribution in [1.82, 2.24) is 20.2 Å². The van der Waals surface area contributed by atoms with Gasteiger partial charge in [-0.15, -0.1) is 10.2 Å². The molecule has 1 heterocycles. The molecule has 19 heavy (non-hydrogen) atoms. The lowest BCUT2D eigenvalue weighted by Gasteiger charge is -2.10. The van der Waals surface area contributed by atoms with Crippen LogP contribution < -0.4 is 9.47 Å². The van der Waals surface area contributed by atoms with Crippen molar-refractivity contribution in [2.45, 2.75) is 13.5 Å². The van der Waals surface area contributed by atoms with Crippen LogP contribution in [0.5, 0.6) is 11.5 Å². The van der Waals surface area contributed by atoms with Crippen molar-refractivity contribution >= 4 is 0 Å². The molecular weight excluding hydrogens is 246 g/mol. The zero-order chi connectivity index (χ0) is 13.7. The monoisotopic (exact) mass is 259 g/mol. The fraction of sp³-hybridized carbons (Fsp3) is 0.333. The molecule has 0 aliphatic carbocycles. The Kier molecular flexibility index (Phi) is 3.93. The van der Waals surface area contributed by atoms with Crippen LogP contribution in [0.1, 0.15) is 18.3 Å². The number of hydrogen-bond acceptors (Lipinski definition) is 6. The summed E-state index contributed by atoms with van der Waals surface area (Å²) in [5.74, 6) is 1.56. The molecule has 0 N–H and O–H groups in total. The molecule has 7 nitrogen and oxygen atoms in total. The number of nitriles is 1. The van der Waals surface area contributed by atoms with Gasteiger partial charge in [-0.1, -0.05) is 0 Å². The average Bonchev–Trinajstić information content (AvgIpc) is 2.83. The van der Waals surface area contributed by atoms with Gasteiger partial charge in [0.05, 0.1) is 25.3 Å². The number of aryl methyl sites for hydroxylation is 1. The van der Waals surface area contributed by atoms with E-state index < -0.39 is 0 Å². The number of aromatic nitrogens is 4. The lowest BCUT2D eigenvalue weighted by molar-refractivity contribution is 0.263. The minimum Gasteiger partial charge on any atom is -0.490 e. The van der Waals surface area contributed by atoms with E-state index >= 15 is 0 Å². The first-order chi connectivity index (χ1) is 9.22. The summed E-state index contributed by atoms with van der Waals surface area (Å²) in [5, 5.41) is 20.4. The zero-order valence-electron chi connectivity index (χ0n) is 10.7. The Morgan fingerprint density at radius 2 is 2.16 bits per heavy atom. The van der Waals surface area contributed by atoms with Crippen molar-refractivity contribution < 1.29 is 9.47 Å². The van der Waals surface area contributed by atoms with Gasteiger partial charge in [0.2, 0.25) is 5.82 Å². The molecule has 0 spiro atoms. The lowest BCUT2D eigenvalue weighted by Crippen LogP contribution is -2.02. The van der Waals surface area contributed by atoms with E-state index in [1.807, 2.05) is 6.92 Å². The molecule has 0 amide bonds. The Balaban J connectivity index is 2.12. The Bertz CT molecular complexity index is 602. The smallest absolute Gasteiger partial charge is 0.212 e. The zero-order valence-corrected chi connectivity index (χ0v) is 10.7. The highest BCUT2D eigenvalue weighted by Gasteiger charge is 2.08. The molecule has 0 fully saturated rings. The highest BCUT2D eigenvalue weighted by molar-refractivity contribution is 5.46. The van der Waals surface area contributed by atoms with Crippen LogP contribution >= 0.6 is 0 Å². The number of hydrogen-bond donors (Lipinski definition) is 0. The van der Waals surface area contributed by atoms with Gasteiger partial charge in [-0.25, -0.2) is 0 Å². The lowest BCUT2D eigenvalue weighted by atomic mass is 10.2. The summed E-state index contributed by atoms with van der Waals surface area (Å²) in [5.41, 5.74) is 0.522. The Labute approximate surface area is 110 Å². The van der Waals surface area contributed by atoms with Crippen molar-refractivity contribution in [3.8, 4) is 17.6 Å². The summed E-state index contributed by atoms with van der Waals surface area (Å²) < 4.78 is 11.0. The fourth-order valence-corrected chi connectivity index (χ4v) is 1.49. The normalized spacial score (nSPS) is 9.95. The first kappa shape index (κ1) is 12.8. The van der Waals surface area contributed by atoms with Gasteiger partial charge in [0.1, 0.15) is 0 Å². The van der Waals surface area contributed by atoms with Crippen LogP contribution in [0.25, 0.3) is 0 Å². The molecule has 2 aromatic rings. The largest absolute Gasteiger partial charge is 0.490 e. The third kappa shape index (κ3) is 3.19. The molecule has 0 aliphatic heterocycles. The van der Waals surface area contributed by atoms with E-state index in [2.05, 4.69) is 21.5 Å². The molecule has 0 aliphatic rings. The molecule has 7 heteroatoms. The van der Waals surface area contributed by atoms with Crippen molar-refractivity contribution in [3.63, 3.8) is 0 Å². The van der Waals surface area contributed by atoms with E-state index in [-0.39, 0.29) is 6.61 Å². The van der Waals surface area contributed by atoms with Gasteiger partial charge in [0, 0.05) is 6.07 Å². The van der Waals surface area contributed by atoms with Crippen LogP contribution in [-0.4, -0.2) is 26.8 Å². The van der Waals surface area contributed by atoms with Gasteiger partial charge in [-0.2, -0.15) is 10.1 Å². The summed E-state index contributed by atoms with van der Waals surface area (Å²) in [6, 6.07) is 7.06. The third-order valence-electron chi connectivity index (χ3n) is 2.28. The summed E-state index contributed by atoms with van der Waals surface area (Å²) in [6.07, 6.45) is 0. The van der Waals surface area contributed by atoms with Crippen molar-refractivity contribution in [1.29, 1.82) is 5.26 Å². The van der Waals surface area contributed by atoms with Crippen molar-refractivity contribution in [2.75, 3.05) is 6.61 Å². The SMILES string of the molecule is CCOc1cc(C#N)ccc1OCc1nnn(C)n1. The molecule has 98 valence electrons. The van der Waals surface area contributed by atoms with Crippen molar-refractivity contribution in [2.24, 2.45) is 7.05 Å². The van der Waals surface area contributed by atoms with Crippen LogP contribution in [0.15, 0.2) is 18.2 Å². The third-order valence-corrected chi connectivity index (χ3v) is 2.28. The molecule has 0 saturated carbocycles. The minimum atomic E-state index is 0.194. The molecular formula is C12H13N5O2. The maximum absolute atomic E-state index is 8.85. The summed E-state index contributed by atoms with van der Waals surface area (Å²) in [4.78, 5) is 1.36. The van der Waals surface area contributed by atoms with Crippen LogP contribution in [-0.2, 0) is 13.7 Å². The summed E-state index contributed by atoms with van der Waals surface area (Å²) in [6.45, 7) is 2.56. The van der Waals surface area contributed by atoms with E-state index in [9.17, 15) is 0 Å². The molecule has 1 aromatic heterocycles. The maximum atomic E-state index is 8.85. The number of nitrogens with zero attached hydrogens (tertiary/aromatic N) is 5. The van der Waals surface area contributed by atoms with Crippen LogP contribution in [0.3, 0.4) is 0 Å². The molecule has 0 unspecified atom stereocenters. The summed E-state index contributed by atoms with van der Waals surface area (Å²) >= 11 is 0. The van der Waals surface area contributed by atoms with Crippen LogP contribution in [0, 0.1) is 11.3 Å². The first-order valence-electron chi connectivity index (χ1n) is 5.75. The molecule has 0 radical (unpaired) electrons. The van der Waals surface area contributed by atoms with E-state index in [1.54, 1.807) is 25.2 Å². The molecule has 1 aromatic carbocycles. The topological polar surface area (TPSA) is 85.9 Å². The van der Waals surface area contributed by atoms with Crippen LogP contribution in [0.2, 0.25) is 0 Å². The average molecular weight is 259 g/mol. The second-order valence-corrected chi connectivity index (χ2v) is 3.69. The second kappa shape index (κ2) is 5.82. The molecule has 0 saturated heterocycles. The van der Waals surface area contributed by atoms with E-state index in [1.165, 1.54) is 4.80 Å². The maximum Gasteiger partial charge on any atom is 0.212 e. The van der Waals surface area contributed by atoms with Gasteiger partial charge in [0.15, 0.2) is 18.1 Å². The number of benzene rings is 1. The number of tetrazole rings is 1. The predicted octanol–water partition coefficient (Wildman–Crippen LogP) is 1.06. The van der Waals surface area contributed by atoms with Gasteiger partial charge in [-0.3, -0.25) is 0 Å². The van der Waals surface area contributed by atoms with E-state index in [4.69, 9.17) is 14.7 Å². The Morgan fingerprint density at radius 1 is 1.32 bits per heavy atom. The van der Waals surface area contributed by atoms with Gasteiger partial charge < -0.3 is 9.47 Å². The standard InChI is InChI=1S/C12H13N5O2/c1-3-18-11-6-9(7-13)4-5-10(11)19-8-12-14-16-17(2)15-12/h4-6H,3,8H2,1-2H3. The molecule has 2 rings (SSSR count). The van der Waals surface area contributed by atoms with E-state index in [0.717, 1.165) is 0 Å². The number of ether oxygens (including phenoxy) is 2. The van der Waals surface area contributed by atoms with Crippen LogP contribution in [0.4, 0.5) is 0 Å². The Morgan fingerprint density at radius 3 is 2.79 bits per heavy atom. The number of rotatable bonds is 5. The second-order valence-electron chi connectivity index (χ2n) is 3.69. The van der Waals surface area contributed by atoms with Gasteiger partial charge in [-0.05, 0) is 24.3 Å².